The molecule has 1 heterocycles. The highest BCUT2D eigenvalue weighted by Crippen LogP contribution is 2.24. The molecule has 0 unspecified atom stereocenters. The van der Waals surface area contributed by atoms with Crippen molar-refractivity contribution in [1.82, 2.24) is 15.2 Å². The summed E-state index contributed by atoms with van der Waals surface area (Å²) in [5, 5.41) is 5.18. The SMILES string of the molecule is COc1ccc(-c2n[nH]c(S(=O)(=O)Cl)n2)c(F)c1. The van der Waals surface area contributed by atoms with Crippen LogP contribution in [0.2, 0.25) is 0 Å². The molecule has 1 N–H and O–H groups in total. The van der Waals surface area contributed by atoms with Gasteiger partial charge in [0.1, 0.15) is 11.6 Å². The van der Waals surface area contributed by atoms with E-state index < -0.39 is 20.0 Å². The number of hydrogen-bond donors (Lipinski definition) is 1. The Labute approximate surface area is 106 Å². The molecule has 2 rings (SSSR count). The average Bonchev–Trinajstić information content (AvgIpc) is 2.77. The molecule has 0 radical (unpaired) electrons. The molecule has 0 amide bonds. The molecule has 0 saturated carbocycles. The first kappa shape index (κ1) is 12.8. The molecule has 0 spiro atoms. The third kappa shape index (κ3) is 2.44. The van der Waals surface area contributed by atoms with Crippen LogP contribution in [0.3, 0.4) is 0 Å². The quantitative estimate of drug-likeness (QED) is 0.867. The van der Waals surface area contributed by atoms with Crippen LogP contribution in [0.1, 0.15) is 0 Å². The van der Waals surface area contributed by atoms with Crippen molar-refractivity contribution in [2.75, 3.05) is 7.11 Å². The second kappa shape index (κ2) is 4.54. The van der Waals surface area contributed by atoms with Crippen molar-refractivity contribution < 1.29 is 17.5 Å². The van der Waals surface area contributed by atoms with Crippen molar-refractivity contribution >= 4 is 19.7 Å². The van der Waals surface area contributed by atoms with Crippen LogP contribution in [0.15, 0.2) is 23.4 Å². The molecule has 6 nitrogen and oxygen atoms in total. The van der Waals surface area contributed by atoms with Crippen LogP contribution in [0.4, 0.5) is 4.39 Å². The van der Waals surface area contributed by atoms with E-state index in [1.807, 2.05) is 0 Å². The van der Waals surface area contributed by atoms with Gasteiger partial charge in [0.2, 0.25) is 0 Å². The van der Waals surface area contributed by atoms with Gasteiger partial charge in [-0.2, -0.15) is 10.1 Å². The monoisotopic (exact) mass is 291 g/mol. The number of ether oxygens (including phenoxy) is 1. The van der Waals surface area contributed by atoms with Crippen LogP contribution < -0.4 is 4.74 Å². The van der Waals surface area contributed by atoms with Gasteiger partial charge in [-0.15, -0.1) is 0 Å². The number of hydrogen-bond acceptors (Lipinski definition) is 5. The Morgan fingerprint density at radius 2 is 2.17 bits per heavy atom. The van der Waals surface area contributed by atoms with E-state index >= 15 is 0 Å². The van der Waals surface area contributed by atoms with Gasteiger partial charge in [0, 0.05) is 16.7 Å². The fraction of sp³-hybridized carbons (Fsp3) is 0.111. The molecule has 0 aliphatic rings. The molecule has 0 fully saturated rings. The van der Waals surface area contributed by atoms with Gasteiger partial charge in [0.15, 0.2) is 5.82 Å². The zero-order valence-electron chi connectivity index (χ0n) is 9.02. The predicted molar refractivity (Wildman–Crippen MR) is 61.4 cm³/mol. The fourth-order valence-electron chi connectivity index (χ4n) is 1.28. The molecule has 0 aliphatic heterocycles. The summed E-state index contributed by atoms with van der Waals surface area (Å²) in [4.78, 5) is 3.60. The standard InChI is InChI=1S/C9H7ClFN3O3S/c1-17-5-2-3-6(7(11)4-5)8-12-9(14-13-8)18(10,15)16/h2-4H,1H3,(H,12,13,14). The number of H-pyrrole nitrogens is 1. The minimum Gasteiger partial charge on any atom is -0.497 e. The highest BCUT2D eigenvalue weighted by Gasteiger charge is 2.18. The Bertz CT molecular complexity index is 686. The van der Waals surface area contributed by atoms with E-state index in [0.29, 0.717) is 5.75 Å². The first-order chi connectivity index (χ1) is 8.41. The average molecular weight is 292 g/mol. The molecule has 0 aliphatic carbocycles. The number of nitrogens with one attached hydrogen (secondary N) is 1. The van der Waals surface area contributed by atoms with Gasteiger partial charge in [-0.1, -0.05) is 0 Å². The summed E-state index contributed by atoms with van der Waals surface area (Å²) in [6.45, 7) is 0. The third-order valence-electron chi connectivity index (χ3n) is 2.11. The number of benzene rings is 1. The van der Waals surface area contributed by atoms with Crippen LogP contribution >= 0.6 is 10.7 Å². The molecular formula is C9H7ClFN3O3S. The summed E-state index contributed by atoms with van der Waals surface area (Å²) in [6, 6.07) is 4.02. The number of methoxy groups -OCH3 is 1. The van der Waals surface area contributed by atoms with Gasteiger partial charge in [0.05, 0.1) is 12.7 Å². The van der Waals surface area contributed by atoms with E-state index in [4.69, 9.17) is 15.4 Å². The maximum Gasteiger partial charge on any atom is 0.296 e. The second-order valence-electron chi connectivity index (χ2n) is 3.25. The van der Waals surface area contributed by atoms with E-state index in [2.05, 4.69) is 15.2 Å². The van der Waals surface area contributed by atoms with Gasteiger partial charge < -0.3 is 4.74 Å². The number of rotatable bonds is 3. The maximum absolute atomic E-state index is 13.7. The van der Waals surface area contributed by atoms with E-state index in [9.17, 15) is 12.8 Å². The molecule has 2 aromatic rings. The fourth-order valence-corrected chi connectivity index (χ4v) is 1.84. The molecule has 1 aromatic carbocycles. The Kier molecular flexibility index (Phi) is 3.22. The Balaban J connectivity index is 2.47. The summed E-state index contributed by atoms with van der Waals surface area (Å²) >= 11 is 0. The van der Waals surface area contributed by atoms with Gasteiger partial charge in [-0.3, -0.25) is 0 Å². The zero-order chi connectivity index (χ0) is 13.3. The van der Waals surface area contributed by atoms with Crippen molar-refractivity contribution in [3.05, 3.63) is 24.0 Å². The summed E-state index contributed by atoms with van der Waals surface area (Å²) < 4.78 is 40.5. The lowest BCUT2D eigenvalue weighted by Gasteiger charge is -2.01. The van der Waals surface area contributed by atoms with Crippen molar-refractivity contribution in [2.45, 2.75) is 5.16 Å². The first-order valence-electron chi connectivity index (χ1n) is 4.63. The second-order valence-corrected chi connectivity index (χ2v) is 5.73. The lowest BCUT2D eigenvalue weighted by molar-refractivity contribution is 0.411. The molecule has 1 aromatic heterocycles. The van der Waals surface area contributed by atoms with Crippen molar-refractivity contribution in [1.29, 1.82) is 0 Å². The summed E-state index contributed by atoms with van der Waals surface area (Å²) in [6.07, 6.45) is 0. The molecule has 0 bridgehead atoms. The zero-order valence-corrected chi connectivity index (χ0v) is 10.6. The molecular weight excluding hydrogens is 285 g/mol. The summed E-state index contributed by atoms with van der Waals surface area (Å²) in [7, 11) is 2.45. The number of halogens is 2. The largest absolute Gasteiger partial charge is 0.497 e. The Morgan fingerprint density at radius 1 is 1.44 bits per heavy atom. The highest BCUT2D eigenvalue weighted by atomic mass is 35.7. The lowest BCUT2D eigenvalue weighted by Crippen LogP contribution is -1.93. The normalized spacial score (nSPS) is 11.5. The van der Waals surface area contributed by atoms with E-state index in [1.165, 1.54) is 19.2 Å². The van der Waals surface area contributed by atoms with Crippen LogP contribution in [-0.2, 0) is 9.05 Å². The van der Waals surface area contributed by atoms with Gasteiger partial charge in [-0.05, 0) is 12.1 Å². The Hall–Kier alpha value is -1.67. The molecule has 18 heavy (non-hydrogen) atoms. The van der Waals surface area contributed by atoms with E-state index in [-0.39, 0.29) is 11.4 Å². The smallest absolute Gasteiger partial charge is 0.296 e. The van der Waals surface area contributed by atoms with Gasteiger partial charge >= 0.3 is 0 Å². The number of nitrogens with zero attached hydrogens (tertiary/aromatic N) is 2. The summed E-state index contributed by atoms with van der Waals surface area (Å²) in [5.41, 5.74) is 0.0404. The van der Waals surface area contributed by atoms with Crippen LogP contribution in [-0.4, -0.2) is 30.7 Å². The molecule has 96 valence electrons. The molecule has 0 atom stereocenters. The number of aromatic nitrogens is 3. The lowest BCUT2D eigenvalue weighted by atomic mass is 10.2. The van der Waals surface area contributed by atoms with E-state index in [1.54, 1.807) is 0 Å². The Morgan fingerprint density at radius 3 is 2.67 bits per heavy atom. The van der Waals surface area contributed by atoms with E-state index in [0.717, 1.165) is 6.07 Å². The van der Waals surface area contributed by atoms with Crippen molar-refractivity contribution in [3.63, 3.8) is 0 Å². The number of aromatic amines is 1. The van der Waals surface area contributed by atoms with Gasteiger partial charge in [-0.25, -0.2) is 17.9 Å². The highest BCUT2D eigenvalue weighted by molar-refractivity contribution is 8.13. The minimum absolute atomic E-state index is 0.0404. The van der Waals surface area contributed by atoms with Crippen molar-refractivity contribution in [2.24, 2.45) is 0 Å². The van der Waals surface area contributed by atoms with Crippen LogP contribution in [0.5, 0.6) is 5.75 Å². The molecule has 0 saturated heterocycles. The van der Waals surface area contributed by atoms with Crippen LogP contribution in [0, 0.1) is 5.82 Å². The van der Waals surface area contributed by atoms with Gasteiger partial charge in [0.25, 0.3) is 14.2 Å². The third-order valence-corrected chi connectivity index (χ3v) is 3.20. The van der Waals surface area contributed by atoms with Crippen molar-refractivity contribution in [3.8, 4) is 17.1 Å². The predicted octanol–water partition coefficient (Wildman–Crippen LogP) is 1.55. The van der Waals surface area contributed by atoms with Crippen LogP contribution in [0.25, 0.3) is 11.4 Å². The maximum atomic E-state index is 13.7. The first-order valence-corrected chi connectivity index (χ1v) is 6.93. The minimum atomic E-state index is -4.02. The topological polar surface area (TPSA) is 84.9 Å². The summed E-state index contributed by atoms with van der Waals surface area (Å²) in [5.74, 6) is -0.404. The molecule has 9 heteroatoms.